The maximum Gasteiger partial charge on any atom is 0.126 e. The van der Waals surface area contributed by atoms with Gasteiger partial charge in [0.15, 0.2) is 0 Å². The average molecular weight is 282 g/mol. The number of rotatable bonds is 1. The van der Waals surface area contributed by atoms with Crippen molar-refractivity contribution in [2.75, 3.05) is 7.05 Å². The van der Waals surface area contributed by atoms with Crippen molar-refractivity contribution in [3.63, 3.8) is 0 Å². The minimum Gasteiger partial charge on any atom is -0.487 e. The summed E-state index contributed by atoms with van der Waals surface area (Å²) in [4.78, 5) is 0. The second-order valence-electron chi connectivity index (χ2n) is 4.87. The molecule has 2 nitrogen and oxygen atoms in total. The third kappa shape index (κ3) is 1.57. The van der Waals surface area contributed by atoms with E-state index in [-0.39, 0.29) is 5.60 Å². The molecule has 0 saturated heterocycles. The summed E-state index contributed by atoms with van der Waals surface area (Å²) >= 11 is 3.51. The SMILES string of the molecule is CNC1CC2(CCC2)Oc2cc(Br)ccc21. The lowest BCUT2D eigenvalue weighted by Crippen LogP contribution is -2.48. The molecule has 1 aliphatic carbocycles. The maximum absolute atomic E-state index is 6.20. The molecule has 3 heteroatoms. The van der Waals surface area contributed by atoms with Gasteiger partial charge in [0.2, 0.25) is 0 Å². The Bertz CT molecular complexity index is 414. The first-order chi connectivity index (χ1) is 7.72. The first-order valence-corrected chi connectivity index (χ1v) is 6.67. The fourth-order valence-corrected chi connectivity index (χ4v) is 3.12. The van der Waals surface area contributed by atoms with E-state index in [4.69, 9.17) is 4.74 Å². The van der Waals surface area contributed by atoms with E-state index in [2.05, 4.69) is 39.4 Å². The molecular weight excluding hydrogens is 266 g/mol. The molecule has 1 spiro atoms. The van der Waals surface area contributed by atoms with Crippen LogP contribution in [0.2, 0.25) is 0 Å². The van der Waals surface area contributed by atoms with Crippen LogP contribution in [0.1, 0.15) is 37.3 Å². The quantitative estimate of drug-likeness (QED) is 0.852. The molecule has 1 heterocycles. The van der Waals surface area contributed by atoms with Gasteiger partial charge in [-0.3, -0.25) is 0 Å². The van der Waals surface area contributed by atoms with Crippen molar-refractivity contribution in [2.45, 2.75) is 37.3 Å². The van der Waals surface area contributed by atoms with Crippen LogP contribution < -0.4 is 10.1 Å². The predicted octanol–water partition coefficient (Wildman–Crippen LogP) is 3.41. The summed E-state index contributed by atoms with van der Waals surface area (Å²) in [7, 11) is 2.04. The van der Waals surface area contributed by atoms with Gasteiger partial charge in [-0.15, -0.1) is 0 Å². The van der Waals surface area contributed by atoms with Crippen LogP contribution in [0.3, 0.4) is 0 Å². The van der Waals surface area contributed by atoms with Crippen LogP contribution in [-0.2, 0) is 0 Å². The summed E-state index contributed by atoms with van der Waals surface area (Å²) in [6.45, 7) is 0. The van der Waals surface area contributed by atoms with Crippen molar-refractivity contribution >= 4 is 15.9 Å². The third-order valence-corrected chi connectivity index (χ3v) is 4.36. The highest BCUT2D eigenvalue weighted by Gasteiger charge is 2.45. The van der Waals surface area contributed by atoms with Crippen molar-refractivity contribution < 1.29 is 4.74 Å². The summed E-state index contributed by atoms with van der Waals surface area (Å²) in [5, 5.41) is 3.41. The molecule has 0 bridgehead atoms. The van der Waals surface area contributed by atoms with Gasteiger partial charge in [0.25, 0.3) is 0 Å². The van der Waals surface area contributed by atoms with Gasteiger partial charge in [-0.1, -0.05) is 22.0 Å². The van der Waals surface area contributed by atoms with Crippen molar-refractivity contribution in [3.05, 3.63) is 28.2 Å². The molecule has 86 valence electrons. The van der Waals surface area contributed by atoms with Gasteiger partial charge in [-0.2, -0.15) is 0 Å². The van der Waals surface area contributed by atoms with E-state index in [1.54, 1.807) is 0 Å². The molecule has 16 heavy (non-hydrogen) atoms. The molecule has 0 radical (unpaired) electrons. The largest absolute Gasteiger partial charge is 0.487 e. The Labute approximate surface area is 105 Å². The van der Waals surface area contributed by atoms with Gasteiger partial charge in [-0.05, 0) is 38.4 Å². The van der Waals surface area contributed by atoms with Crippen molar-refractivity contribution in [1.29, 1.82) is 0 Å². The summed E-state index contributed by atoms with van der Waals surface area (Å²) in [5.74, 6) is 1.06. The molecule has 3 rings (SSSR count). The molecule has 1 N–H and O–H groups in total. The number of ether oxygens (including phenoxy) is 1. The maximum atomic E-state index is 6.20. The number of benzene rings is 1. The highest BCUT2D eigenvalue weighted by Crippen LogP contribution is 2.49. The molecule has 0 amide bonds. The van der Waals surface area contributed by atoms with E-state index < -0.39 is 0 Å². The third-order valence-electron chi connectivity index (χ3n) is 3.87. The fraction of sp³-hybridized carbons (Fsp3) is 0.538. The van der Waals surface area contributed by atoms with E-state index in [1.165, 1.54) is 24.8 Å². The van der Waals surface area contributed by atoms with E-state index in [0.29, 0.717) is 6.04 Å². The van der Waals surface area contributed by atoms with Crippen LogP contribution in [0.15, 0.2) is 22.7 Å². The highest BCUT2D eigenvalue weighted by atomic mass is 79.9. The lowest BCUT2D eigenvalue weighted by Gasteiger charge is -2.48. The highest BCUT2D eigenvalue weighted by molar-refractivity contribution is 9.10. The molecule has 1 fully saturated rings. The molecule has 1 unspecified atom stereocenters. The molecule has 1 saturated carbocycles. The zero-order valence-corrected chi connectivity index (χ0v) is 11.0. The normalized spacial score (nSPS) is 25.8. The number of nitrogens with one attached hydrogen (secondary N) is 1. The number of hydrogen-bond acceptors (Lipinski definition) is 2. The van der Waals surface area contributed by atoms with Crippen molar-refractivity contribution in [2.24, 2.45) is 0 Å². The van der Waals surface area contributed by atoms with E-state index in [1.807, 2.05) is 7.05 Å². The van der Waals surface area contributed by atoms with Crippen LogP contribution in [0, 0.1) is 0 Å². The van der Waals surface area contributed by atoms with E-state index in [9.17, 15) is 0 Å². The molecule has 0 aromatic heterocycles. The monoisotopic (exact) mass is 281 g/mol. The Morgan fingerprint density at radius 3 is 2.88 bits per heavy atom. The smallest absolute Gasteiger partial charge is 0.126 e. The lowest BCUT2D eigenvalue weighted by molar-refractivity contribution is -0.0361. The summed E-state index contributed by atoms with van der Waals surface area (Å²) in [6, 6.07) is 6.79. The van der Waals surface area contributed by atoms with Crippen molar-refractivity contribution in [1.82, 2.24) is 5.32 Å². The van der Waals surface area contributed by atoms with Crippen LogP contribution >= 0.6 is 15.9 Å². The minimum atomic E-state index is 0.126. The Morgan fingerprint density at radius 2 is 2.25 bits per heavy atom. The van der Waals surface area contributed by atoms with Gasteiger partial charge < -0.3 is 10.1 Å². The Hall–Kier alpha value is -0.540. The zero-order chi connectivity index (χ0) is 11.2. The van der Waals surface area contributed by atoms with Gasteiger partial charge >= 0.3 is 0 Å². The molecule has 1 aliphatic heterocycles. The van der Waals surface area contributed by atoms with Crippen LogP contribution in [0.25, 0.3) is 0 Å². The van der Waals surface area contributed by atoms with Crippen molar-refractivity contribution in [3.8, 4) is 5.75 Å². The number of hydrogen-bond donors (Lipinski definition) is 1. The lowest BCUT2D eigenvalue weighted by atomic mass is 9.73. The zero-order valence-electron chi connectivity index (χ0n) is 9.42. The van der Waals surface area contributed by atoms with E-state index >= 15 is 0 Å². The Balaban J connectivity index is 2.01. The van der Waals surface area contributed by atoms with Crippen LogP contribution in [-0.4, -0.2) is 12.6 Å². The van der Waals surface area contributed by atoms with Gasteiger partial charge in [-0.25, -0.2) is 0 Å². The minimum absolute atomic E-state index is 0.126. The summed E-state index contributed by atoms with van der Waals surface area (Å²) in [6.07, 6.45) is 4.83. The predicted molar refractivity (Wildman–Crippen MR) is 67.8 cm³/mol. The molecule has 1 aromatic rings. The summed E-state index contributed by atoms with van der Waals surface area (Å²) in [5.41, 5.74) is 1.42. The van der Waals surface area contributed by atoms with Crippen LogP contribution in [0.4, 0.5) is 0 Å². The van der Waals surface area contributed by atoms with Gasteiger partial charge in [0.05, 0.1) is 0 Å². The van der Waals surface area contributed by atoms with Crippen LogP contribution in [0.5, 0.6) is 5.75 Å². The number of fused-ring (bicyclic) bond motifs is 1. The first-order valence-electron chi connectivity index (χ1n) is 5.88. The standard InChI is InChI=1S/C13H16BrNO/c1-15-11-8-13(5-2-6-13)16-12-7-9(14)3-4-10(11)12/h3-4,7,11,15H,2,5-6,8H2,1H3. The average Bonchev–Trinajstić information content (AvgIpc) is 2.24. The Kier molecular flexibility index (Phi) is 2.48. The second kappa shape index (κ2) is 3.74. The van der Waals surface area contributed by atoms with E-state index in [0.717, 1.165) is 16.6 Å². The molecule has 1 aromatic carbocycles. The molecule has 2 aliphatic rings. The topological polar surface area (TPSA) is 21.3 Å². The molecule has 1 atom stereocenters. The second-order valence-corrected chi connectivity index (χ2v) is 5.78. The first kappa shape index (κ1) is 10.6. The molecular formula is C13H16BrNO. The number of halogens is 1. The van der Waals surface area contributed by atoms with Gasteiger partial charge in [0.1, 0.15) is 11.4 Å². The summed E-state index contributed by atoms with van der Waals surface area (Å²) < 4.78 is 7.29. The Morgan fingerprint density at radius 1 is 1.44 bits per heavy atom. The fourth-order valence-electron chi connectivity index (χ4n) is 2.78. The van der Waals surface area contributed by atoms with Gasteiger partial charge in [0, 0.05) is 22.5 Å².